The molecule has 0 radical (unpaired) electrons. The summed E-state index contributed by atoms with van der Waals surface area (Å²) in [4.78, 5) is 27.2. The van der Waals surface area contributed by atoms with Crippen LogP contribution in [0.1, 0.15) is 32.6 Å². The van der Waals surface area contributed by atoms with Gasteiger partial charge in [0.15, 0.2) is 0 Å². The van der Waals surface area contributed by atoms with Crippen molar-refractivity contribution < 1.29 is 19.8 Å². The smallest absolute Gasteiger partial charge is 0.320 e. The van der Waals surface area contributed by atoms with E-state index in [9.17, 15) is 9.59 Å². The number of carboxylic acids is 1. The zero-order chi connectivity index (χ0) is 14.7. The van der Waals surface area contributed by atoms with E-state index in [2.05, 4.69) is 0 Å². The first kappa shape index (κ1) is 15.1. The Bertz CT molecular complexity index is 372. The van der Waals surface area contributed by atoms with Crippen LogP contribution in [-0.4, -0.2) is 64.3 Å². The summed E-state index contributed by atoms with van der Waals surface area (Å²) in [7, 11) is 0. The molecule has 0 aromatic carbocycles. The Balaban J connectivity index is 2.01. The van der Waals surface area contributed by atoms with Gasteiger partial charge in [-0.1, -0.05) is 6.92 Å². The zero-order valence-electron chi connectivity index (χ0n) is 12.0. The summed E-state index contributed by atoms with van der Waals surface area (Å²) in [6.07, 6.45) is 3.61. The van der Waals surface area contributed by atoms with Crippen molar-refractivity contribution >= 4 is 12.0 Å². The van der Waals surface area contributed by atoms with E-state index in [1.54, 1.807) is 4.90 Å². The molecular formula is C14H24N2O4. The number of urea groups is 1. The van der Waals surface area contributed by atoms with E-state index in [-0.39, 0.29) is 24.6 Å². The Kier molecular flexibility index (Phi) is 4.86. The Morgan fingerprint density at radius 2 is 2.00 bits per heavy atom. The first-order valence-electron chi connectivity index (χ1n) is 7.43. The summed E-state index contributed by atoms with van der Waals surface area (Å²) in [5, 5.41) is 18.3. The van der Waals surface area contributed by atoms with Crippen molar-refractivity contribution in [3.05, 3.63) is 0 Å². The summed E-state index contributed by atoms with van der Waals surface area (Å²) in [6.45, 7) is 3.50. The number of amides is 2. The van der Waals surface area contributed by atoms with Crippen molar-refractivity contribution in [1.82, 2.24) is 9.80 Å². The van der Waals surface area contributed by atoms with E-state index in [1.807, 2.05) is 11.8 Å². The van der Waals surface area contributed by atoms with Crippen molar-refractivity contribution in [2.45, 2.75) is 38.6 Å². The second-order valence-electron chi connectivity index (χ2n) is 5.96. The molecule has 0 aromatic rings. The Labute approximate surface area is 119 Å². The molecule has 2 saturated heterocycles. The van der Waals surface area contributed by atoms with Crippen LogP contribution < -0.4 is 0 Å². The number of carbonyl (C=O) groups excluding carboxylic acids is 1. The van der Waals surface area contributed by atoms with E-state index in [0.717, 1.165) is 19.3 Å². The quantitative estimate of drug-likeness (QED) is 0.810. The highest BCUT2D eigenvalue weighted by atomic mass is 16.4. The summed E-state index contributed by atoms with van der Waals surface area (Å²) in [5.74, 6) is -1.28. The van der Waals surface area contributed by atoms with Crippen molar-refractivity contribution in [2.24, 2.45) is 11.8 Å². The van der Waals surface area contributed by atoms with Gasteiger partial charge in [0, 0.05) is 32.3 Å². The highest BCUT2D eigenvalue weighted by molar-refractivity contribution is 5.78. The van der Waals surface area contributed by atoms with E-state index in [0.29, 0.717) is 26.1 Å². The van der Waals surface area contributed by atoms with Gasteiger partial charge in [0.25, 0.3) is 0 Å². The van der Waals surface area contributed by atoms with E-state index < -0.39 is 11.9 Å². The zero-order valence-corrected chi connectivity index (χ0v) is 12.0. The number of aliphatic hydroxyl groups is 1. The average molecular weight is 284 g/mol. The van der Waals surface area contributed by atoms with Gasteiger partial charge < -0.3 is 20.0 Å². The molecule has 2 aliphatic rings. The molecule has 2 aliphatic heterocycles. The Hall–Kier alpha value is -1.30. The fourth-order valence-corrected chi connectivity index (χ4v) is 3.33. The molecule has 0 aliphatic carbocycles. The molecule has 2 rings (SSSR count). The number of nitrogens with zero attached hydrogens (tertiary/aromatic N) is 2. The molecule has 3 unspecified atom stereocenters. The maximum atomic E-state index is 12.6. The minimum atomic E-state index is -0.821. The van der Waals surface area contributed by atoms with Gasteiger partial charge in [0.1, 0.15) is 0 Å². The lowest BCUT2D eigenvalue weighted by molar-refractivity contribution is -0.142. The fourth-order valence-electron chi connectivity index (χ4n) is 3.33. The lowest BCUT2D eigenvalue weighted by Gasteiger charge is -2.38. The standard InChI is InChI=1S/C14H24N2O4/c1-10-8-15(9-12(10)13(18)19)14(20)16-6-3-2-4-11(16)5-7-17/h10-12,17H,2-9H2,1H3,(H,18,19). The summed E-state index contributed by atoms with van der Waals surface area (Å²) in [6, 6.07) is 0.0409. The molecule has 0 spiro atoms. The third-order valence-corrected chi connectivity index (χ3v) is 4.54. The number of piperidine rings is 1. The summed E-state index contributed by atoms with van der Waals surface area (Å²) in [5.41, 5.74) is 0. The molecule has 6 nitrogen and oxygen atoms in total. The molecule has 2 heterocycles. The maximum absolute atomic E-state index is 12.6. The number of rotatable bonds is 3. The van der Waals surface area contributed by atoms with Crippen molar-refractivity contribution in [1.29, 1.82) is 0 Å². The third kappa shape index (κ3) is 3.06. The first-order valence-corrected chi connectivity index (χ1v) is 7.43. The van der Waals surface area contributed by atoms with Crippen LogP contribution >= 0.6 is 0 Å². The van der Waals surface area contributed by atoms with E-state index >= 15 is 0 Å². The van der Waals surface area contributed by atoms with Gasteiger partial charge in [-0.25, -0.2) is 4.79 Å². The number of aliphatic hydroxyl groups excluding tert-OH is 1. The van der Waals surface area contributed by atoms with Gasteiger partial charge in [0.2, 0.25) is 0 Å². The molecule has 114 valence electrons. The second-order valence-corrected chi connectivity index (χ2v) is 5.96. The van der Waals surface area contributed by atoms with Gasteiger partial charge in [-0.15, -0.1) is 0 Å². The van der Waals surface area contributed by atoms with Crippen LogP contribution in [0, 0.1) is 11.8 Å². The molecule has 20 heavy (non-hydrogen) atoms. The number of carbonyl (C=O) groups is 2. The van der Waals surface area contributed by atoms with Crippen molar-refractivity contribution in [3.63, 3.8) is 0 Å². The normalized spacial score (nSPS) is 30.6. The van der Waals surface area contributed by atoms with Crippen LogP contribution in [0.4, 0.5) is 4.79 Å². The highest BCUT2D eigenvalue weighted by Crippen LogP contribution is 2.27. The van der Waals surface area contributed by atoms with Gasteiger partial charge >= 0.3 is 12.0 Å². The molecule has 2 amide bonds. The maximum Gasteiger partial charge on any atom is 0.320 e. The van der Waals surface area contributed by atoms with Crippen molar-refractivity contribution in [3.8, 4) is 0 Å². The van der Waals surface area contributed by atoms with Crippen LogP contribution in [0.3, 0.4) is 0 Å². The number of aliphatic carboxylic acids is 1. The first-order chi connectivity index (χ1) is 9.54. The highest BCUT2D eigenvalue weighted by Gasteiger charge is 2.39. The van der Waals surface area contributed by atoms with Crippen LogP contribution in [0.15, 0.2) is 0 Å². The van der Waals surface area contributed by atoms with Gasteiger partial charge in [-0.2, -0.15) is 0 Å². The molecule has 2 fully saturated rings. The van der Waals surface area contributed by atoms with E-state index in [1.165, 1.54) is 0 Å². The minimum absolute atomic E-state index is 0.00228. The number of hydrogen-bond acceptors (Lipinski definition) is 3. The topological polar surface area (TPSA) is 81.1 Å². The average Bonchev–Trinajstić information content (AvgIpc) is 2.81. The molecule has 2 N–H and O–H groups in total. The van der Waals surface area contributed by atoms with E-state index in [4.69, 9.17) is 10.2 Å². The second kappa shape index (κ2) is 6.43. The van der Waals surface area contributed by atoms with Crippen LogP contribution in [0.2, 0.25) is 0 Å². The van der Waals surface area contributed by atoms with Crippen LogP contribution in [0.5, 0.6) is 0 Å². The minimum Gasteiger partial charge on any atom is -0.481 e. The molecule has 6 heteroatoms. The molecule has 3 atom stereocenters. The lowest BCUT2D eigenvalue weighted by atomic mass is 9.99. The van der Waals surface area contributed by atoms with Gasteiger partial charge in [0.05, 0.1) is 5.92 Å². The predicted molar refractivity (Wildman–Crippen MR) is 73.3 cm³/mol. The monoisotopic (exact) mass is 284 g/mol. The number of hydrogen-bond donors (Lipinski definition) is 2. The van der Waals surface area contributed by atoms with Crippen LogP contribution in [0.25, 0.3) is 0 Å². The Morgan fingerprint density at radius 3 is 2.60 bits per heavy atom. The molecule has 0 saturated carbocycles. The van der Waals surface area contributed by atoms with Gasteiger partial charge in [-0.3, -0.25) is 4.79 Å². The number of carboxylic acid groups (broad SMARTS) is 1. The molecular weight excluding hydrogens is 260 g/mol. The largest absolute Gasteiger partial charge is 0.481 e. The fraction of sp³-hybridized carbons (Fsp3) is 0.857. The molecule has 0 bridgehead atoms. The lowest BCUT2D eigenvalue weighted by Crippen LogP contribution is -2.50. The molecule has 0 aromatic heterocycles. The third-order valence-electron chi connectivity index (χ3n) is 4.54. The number of likely N-dealkylation sites (tertiary alicyclic amines) is 2. The van der Waals surface area contributed by atoms with Gasteiger partial charge in [-0.05, 0) is 31.6 Å². The summed E-state index contributed by atoms with van der Waals surface area (Å²) >= 11 is 0. The van der Waals surface area contributed by atoms with Crippen LogP contribution in [-0.2, 0) is 4.79 Å². The SMILES string of the molecule is CC1CN(C(=O)N2CCCCC2CCO)CC1C(=O)O. The summed E-state index contributed by atoms with van der Waals surface area (Å²) < 4.78 is 0. The predicted octanol–water partition coefficient (Wildman–Crippen LogP) is 0.996. The Morgan fingerprint density at radius 1 is 1.25 bits per heavy atom. The van der Waals surface area contributed by atoms with Crippen molar-refractivity contribution in [2.75, 3.05) is 26.2 Å².